The summed E-state index contributed by atoms with van der Waals surface area (Å²) in [5.41, 5.74) is 26.3. The summed E-state index contributed by atoms with van der Waals surface area (Å²) < 4.78 is 0. The minimum atomic E-state index is -0.894. The average molecular weight is 443 g/mol. The SMILES string of the molecule is N=NC1C(=O)C2(CCC(N=N)(C3CCc4ccccc4C3)CC2)C(c2ccccc2)C1N=N. The first-order valence-electron chi connectivity index (χ1n) is 11.9. The summed E-state index contributed by atoms with van der Waals surface area (Å²) in [6.07, 6.45) is 5.50. The van der Waals surface area contributed by atoms with E-state index in [1.165, 1.54) is 11.1 Å². The Hall–Kier alpha value is -3.09. The van der Waals surface area contributed by atoms with Gasteiger partial charge >= 0.3 is 0 Å². The van der Waals surface area contributed by atoms with Crippen molar-refractivity contribution >= 4 is 5.78 Å². The first-order chi connectivity index (χ1) is 16.1. The lowest BCUT2D eigenvalue weighted by Crippen LogP contribution is -2.48. The van der Waals surface area contributed by atoms with Crippen molar-refractivity contribution in [2.75, 3.05) is 0 Å². The molecular weight excluding hydrogens is 412 g/mol. The standard InChI is InChI=1S/C26H30N6O/c27-30-22-21(18-7-2-1-3-8-18)25(24(33)23(22)31-28)12-14-26(32-29,15-13-25)20-11-10-17-6-4-5-9-19(17)16-20/h1-9,20-23,27-29H,10-16H2. The highest BCUT2D eigenvalue weighted by Crippen LogP contribution is 2.60. The van der Waals surface area contributed by atoms with Crippen LogP contribution in [0.3, 0.4) is 0 Å². The largest absolute Gasteiger partial charge is 0.296 e. The van der Waals surface area contributed by atoms with Crippen molar-refractivity contribution in [1.82, 2.24) is 0 Å². The van der Waals surface area contributed by atoms with Crippen molar-refractivity contribution < 1.29 is 4.79 Å². The third-order valence-corrected chi connectivity index (χ3v) is 8.80. The molecule has 2 fully saturated rings. The van der Waals surface area contributed by atoms with E-state index in [2.05, 4.69) is 39.6 Å². The van der Waals surface area contributed by atoms with Gasteiger partial charge in [-0.2, -0.15) is 15.3 Å². The van der Waals surface area contributed by atoms with Crippen LogP contribution in [0.5, 0.6) is 0 Å². The molecule has 0 aromatic heterocycles. The Morgan fingerprint density at radius 3 is 2.12 bits per heavy atom. The average Bonchev–Trinajstić information content (AvgIpc) is 3.11. The van der Waals surface area contributed by atoms with Crippen molar-refractivity contribution in [3.8, 4) is 0 Å². The fraction of sp³-hybridized carbons (Fsp3) is 0.500. The van der Waals surface area contributed by atoms with E-state index in [9.17, 15) is 4.79 Å². The second-order valence-corrected chi connectivity index (χ2v) is 10.0. The minimum Gasteiger partial charge on any atom is -0.296 e. The monoisotopic (exact) mass is 442 g/mol. The van der Waals surface area contributed by atoms with E-state index >= 15 is 0 Å². The molecule has 2 aromatic rings. The van der Waals surface area contributed by atoms with Gasteiger partial charge in [0.2, 0.25) is 0 Å². The Morgan fingerprint density at radius 2 is 1.48 bits per heavy atom. The van der Waals surface area contributed by atoms with Gasteiger partial charge in [0, 0.05) is 11.3 Å². The molecule has 5 rings (SSSR count). The number of nitrogens with zero attached hydrogens (tertiary/aromatic N) is 3. The second kappa shape index (κ2) is 8.36. The molecule has 0 radical (unpaired) electrons. The summed E-state index contributed by atoms with van der Waals surface area (Å²) in [5, 5.41) is 11.7. The summed E-state index contributed by atoms with van der Waals surface area (Å²) in [6, 6.07) is 16.9. The van der Waals surface area contributed by atoms with Crippen molar-refractivity contribution in [1.29, 1.82) is 16.6 Å². The molecule has 0 bridgehead atoms. The smallest absolute Gasteiger partial charge is 0.168 e. The quantitative estimate of drug-likeness (QED) is 0.463. The van der Waals surface area contributed by atoms with E-state index in [0.717, 1.165) is 24.8 Å². The molecular formula is C26H30N6O. The molecule has 1 spiro atoms. The first-order valence-corrected chi connectivity index (χ1v) is 11.9. The van der Waals surface area contributed by atoms with Gasteiger partial charge < -0.3 is 0 Å². The summed E-state index contributed by atoms with van der Waals surface area (Å²) in [6.45, 7) is 0. The highest BCUT2D eigenvalue weighted by atomic mass is 16.1. The van der Waals surface area contributed by atoms with Gasteiger partial charge in [-0.3, -0.25) is 4.79 Å². The van der Waals surface area contributed by atoms with E-state index < -0.39 is 23.0 Å². The molecule has 3 aliphatic carbocycles. The van der Waals surface area contributed by atoms with E-state index in [0.29, 0.717) is 31.6 Å². The zero-order chi connectivity index (χ0) is 23.1. The van der Waals surface area contributed by atoms with Gasteiger partial charge in [0.05, 0.1) is 5.54 Å². The molecule has 0 amide bonds. The topological polar surface area (TPSA) is 126 Å². The Balaban J connectivity index is 1.47. The zero-order valence-corrected chi connectivity index (χ0v) is 18.7. The van der Waals surface area contributed by atoms with E-state index in [-0.39, 0.29) is 11.7 Å². The maximum Gasteiger partial charge on any atom is 0.168 e. The van der Waals surface area contributed by atoms with Gasteiger partial charge in [0.25, 0.3) is 0 Å². The number of hydrogen-bond acceptors (Lipinski definition) is 7. The predicted molar refractivity (Wildman–Crippen MR) is 123 cm³/mol. The van der Waals surface area contributed by atoms with Gasteiger partial charge in [-0.05, 0) is 67.6 Å². The summed E-state index contributed by atoms with van der Waals surface area (Å²) in [5.74, 6) is -0.0270. The van der Waals surface area contributed by atoms with Crippen LogP contribution in [-0.4, -0.2) is 23.4 Å². The van der Waals surface area contributed by atoms with Crippen LogP contribution in [0.1, 0.15) is 54.7 Å². The van der Waals surface area contributed by atoms with Gasteiger partial charge in [0.1, 0.15) is 6.04 Å². The zero-order valence-electron chi connectivity index (χ0n) is 18.7. The third-order valence-electron chi connectivity index (χ3n) is 8.80. The molecule has 7 nitrogen and oxygen atoms in total. The van der Waals surface area contributed by atoms with Crippen LogP contribution in [0.4, 0.5) is 0 Å². The van der Waals surface area contributed by atoms with Crippen LogP contribution >= 0.6 is 0 Å². The van der Waals surface area contributed by atoms with Crippen LogP contribution in [0.15, 0.2) is 69.9 Å². The lowest BCUT2D eigenvalue weighted by Gasteiger charge is -2.48. The molecule has 4 unspecified atom stereocenters. The Bertz CT molecular complexity index is 1080. The van der Waals surface area contributed by atoms with Crippen LogP contribution in [0, 0.1) is 27.9 Å². The van der Waals surface area contributed by atoms with Crippen LogP contribution < -0.4 is 0 Å². The molecule has 3 N–H and O–H groups in total. The molecule has 4 atom stereocenters. The summed E-state index contributed by atoms with van der Waals surface area (Å²) in [4.78, 5) is 13.7. The van der Waals surface area contributed by atoms with Crippen molar-refractivity contribution in [2.24, 2.45) is 26.7 Å². The predicted octanol–water partition coefficient (Wildman–Crippen LogP) is 6.29. The van der Waals surface area contributed by atoms with Gasteiger partial charge in [-0.1, -0.05) is 54.6 Å². The molecule has 2 aromatic carbocycles. The Kier molecular flexibility index (Phi) is 5.51. The molecule has 170 valence electrons. The number of benzene rings is 2. The molecule has 0 aliphatic heterocycles. The Morgan fingerprint density at radius 1 is 0.818 bits per heavy atom. The fourth-order valence-electron chi connectivity index (χ4n) is 7.02. The number of Topliss-reactive ketones (excluding diaryl/α,β-unsaturated/α-hetero) is 1. The maximum absolute atomic E-state index is 13.7. The summed E-state index contributed by atoms with van der Waals surface area (Å²) in [7, 11) is 0. The van der Waals surface area contributed by atoms with Crippen molar-refractivity contribution in [2.45, 2.75) is 68.5 Å². The normalized spacial score (nSPS) is 35.7. The van der Waals surface area contributed by atoms with Crippen molar-refractivity contribution in [3.63, 3.8) is 0 Å². The molecule has 0 heterocycles. The minimum absolute atomic E-state index is 0.0556. The highest BCUT2D eigenvalue weighted by Gasteiger charge is 2.63. The maximum atomic E-state index is 13.7. The Labute approximate surface area is 193 Å². The number of nitrogens with one attached hydrogen (secondary N) is 3. The van der Waals surface area contributed by atoms with Crippen LogP contribution in [0.25, 0.3) is 0 Å². The van der Waals surface area contributed by atoms with Gasteiger partial charge in [-0.15, -0.1) is 0 Å². The number of ketones is 1. The van der Waals surface area contributed by atoms with E-state index in [4.69, 9.17) is 16.6 Å². The lowest BCUT2D eigenvalue weighted by molar-refractivity contribution is -0.130. The van der Waals surface area contributed by atoms with E-state index in [1.54, 1.807) is 0 Å². The fourth-order valence-corrected chi connectivity index (χ4v) is 7.02. The molecule has 33 heavy (non-hydrogen) atoms. The molecule has 2 saturated carbocycles. The number of carbonyl (C=O) groups excluding carboxylic acids is 1. The molecule has 7 heteroatoms. The van der Waals surface area contributed by atoms with Gasteiger partial charge in [0.15, 0.2) is 11.8 Å². The molecule has 3 aliphatic rings. The van der Waals surface area contributed by atoms with Crippen LogP contribution in [0.2, 0.25) is 0 Å². The second-order valence-electron chi connectivity index (χ2n) is 10.0. The number of rotatable bonds is 5. The number of hydrogen-bond donors (Lipinski definition) is 3. The van der Waals surface area contributed by atoms with Gasteiger partial charge in [-0.25, -0.2) is 16.6 Å². The number of aryl methyl sites for hydroxylation is 1. The molecule has 0 saturated heterocycles. The number of carbonyl (C=O) groups is 1. The van der Waals surface area contributed by atoms with Crippen LogP contribution in [-0.2, 0) is 17.6 Å². The third kappa shape index (κ3) is 3.28. The van der Waals surface area contributed by atoms with Crippen molar-refractivity contribution in [3.05, 3.63) is 71.3 Å². The van der Waals surface area contributed by atoms with E-state index in [1.807, 2.05) is 30.3 Å². The summed E-state index contributed by atoms with van der Waals surface area (Å²) >= 11 is 0. The number of fused-ring (bicyclic) bond motifs is 1. The first kappa shape index (κ1) is 21.7. The lowest BCUT2D eigenvalue weighted by atomic mass is 9.57. The highest BCUT2D eigenvalue weighted by molar-refractivity contribution is 5.95.